The van der Waals surface area contributed by atoms with Gasteiger partial charge in [-0.25, -0.2) is 9.80 Å². The van der Waals surface area contributed by atoms with Gasteiger partial charge in [0.05, 0.1) is 27.9 Å². The van der Waals surface area contributed by atoms with Gasteiger partial charge in [-0.3, -0.25) is 33.7 Å². The highest BCUT2D eigenvalue weighted by Gasteiger charge is 2.38. The Morgan fingerprint density at radius 1 is 0.739 bits per heavy atom. The number of rotatable bonds is 7. The van der Waals surface area contributed by atoms with Crippen molar-refractivity contribution in [3.63, 3.8) is 0 Å². The molecule has 46 heavy (non-hydrogen) atoms. The molecule has 0 bridgehead atoms. The zero-order valence-corrected chi connectivity index (χ0v) is 25.2. The summed E-state index contributed by atoms with van der Waals surface area (Å²) in [7, 11) is 1.42. The molecular weight excluding hydrogens is 586 g/mol. The molecule has 6 amide bonds. The van der Waals surface area contributed by atoms with Gasteiger partial charge in [0.1, 0.15) is 5.75 Å². The molecule has 0 atom stereocenters. The van der Waals surface area contributed by atoms with Gasteiger partial charge < -0.3 is 4.74 Å². The minimum absolute atomic E-state index is 0.146. The van der Waals surface area contributed by atoms with Crippen molar-refractivity contribution in [3.8, 4) is 16.9 Å². The van der Waals surface area contributed by atoms with Crippen LogP contribution in [0, 0.1) is 6.92 Å². The average molecular weight is 614 g/mol. The first-order valence-electron chi connectivity index (χ1n) is 14.3. The molecule has 2 aliphatic heterocycles. The molecule has 228 valence electrons. The first-order chi connectivity index (χ1) is 22.0. The van der Waals surface area contributed by atoms with Crippen molar-refractivity contribution in [2.24, 2.45) is 0 Å². The second kappa shape index (κ2) is 11.4. The number of hydrogen-bond acceptors (Lipinski definition) is 7. The van der Waals surface area contributed by atoms with Crippen LogP contribution in [0.5, 0.6) is 5.75 Å². The maximum atomic E-state index is 13.5. The topological polar surface area (TPSA) is 121 Å². The zero-order valence-electron chi connectivity index (χ0n) is 25.2. The van der Waals surface area contributed by atoms with Gasteiger partial charge in [0, 0.05) is 19.5 Å². The third-order valence-corrected chi connectivity index (χ3v) is 8.08. The van der Waals surface area contributed by atoms with Crippen LogP contribution in [0.15, 0.2) is 91.5 Å². The summed E-state index contributed by atoms with van der Waals surface area (Å²) in [5.74, 6) is -2.55. The number of benzene rings is 4. The quantitative estimate of drug-likeness (QED) is 0.161. The van der Waals surface area contributed by atoms with E-state index in [0.29, 0.717) is 39.3 Å². The standard InChI is InChI=1S/C36H27N3O7/c1-20-16-26(12-15-31(20)46-19-38(22(3)40)32(41)21(2)23-8-6-5-7-9-23)39-35(44)28-14-11-25(18-30(28)36(39)45)24-10-13-27-29(17-24)34(43)37(4)33(27)42/h5-18H,2,19H2,1,3-4H3. The molecule has 4 aromatic rings. The molecule has 0 unspecified atom stereocenters. The van der Waals surface area contributed by atoms with Gasteiger partial charge >= 0.3 is 0 Å². The lowest BCUT2D eigenvalue weighted by Gasteiger charge is -2.22. The Balaban J connectivity index is 1.20. The van der Waals surface area contributed by atoms with Crippen LogP contribution < -0.4 is 9.64 Å². The Morgan fingerprint density at radius 2 is 1.30 bits per heavy atom. The molecule has 10 heteroatoms. The zero-order chi connectivity index (χ0) is 32.9. The predicted octanol–water partition coefficient (Wildman–Crippen LogP) is 5.11. The lowest BCUT2D eigenvalue weighted by atomic mass is 9.97. The van der Waals surface area contributed by atoms with Crippen molar-refractivity contribution in [1.82, 2.24) is 9.80 Å². The van der Waals surface area contributed by atoms with Crippen LogP contribution in [0.1, 0.15) is 59.5 Å². The van der Waals surface area contributed by atoms with Crippen LogP contribution in [0.4, 0.5) is 5.69 Å². The van der Waals surface area contributed by atoms with E-state index in [1.807, 2.05) is 6.07 Å². The molecule has 2 heterocycles. The van der Waals surface area contributed by atoms with Crippen LogP contribution in [0.25, 0.3) is 16.7 Å². The lowest BCUT2D eigenvalue weighted by molar-refractivity contribution is -0.143. The highest BCUT2D eigenvalue weighted by Crippen LogP contribution is 2.35. The summed E-state index contributed by atoms with van der Waals surface area (Å²) >= 11 is 0. The van der Waals surface area contributed by atoms with E-state index in [1.165, 1.54) is 14.0 Å². The van der Waals surface area contributed by atoms with Crippen LogP contribution in [-0.4, -0.2) is 59.0 Å². The molecule has 10 nitrogen and oxygen atoms in total. The van der Waals surface area contributed by atoms with E-state index in [0.717, 1.165) is 14.7 Å². The minimum atomic E-state index is -0.592. The average Bonchev–Trinajstić information content (AvgIpc) is 3.44. The Morgan fingerprint density at radius 3 is 1.91 bits per heavy atom. The summed E-state index contributed by atoms with van der Waals surface area (Å²) in [5.41, 5.74) is 3.88. The van der Waals surface area contributed by atoms with E-state index in [1.54, 1.807) is 85.8 Å². The highest BCUT2D eigenvalue weighted by molar-refractivity contribution is 6.34. The lowest BCUT2D eigenvalue weighted by Crippen LogP contribution is -2.38. The predicted molar refractivity (Wildman–Crippen MR) is 169 cm³/mol. The van der Waals surface area contributed by atoms with Gasteiger partial charge in [0.25, 0.3) is 29.5 Å². The molecule has 0 spiro atoms. The SMILES string of the molecule is C=C(C(=O)N(COc1ccc(N2C(=O)c3ccc(-c4ccc5c(c4)C(=O)N(C)C5=O)cc3C2=O)cc1C)C(C)=O)c1ccccc1. The van der Waals surface area contributed by atoms with E-state index >= 15 is 0 Å². The minimum Gasteiger partial charge on any atom is -0.472 e. The number of carbonyl (C=O) groups is 6. The molecule has 0 saturated heterocycles. The largest absolute Gasteiger partial charge is 0.472 e. The number of nitrogens with zero attached hydrogens (tertiary/aromatic N) is 3. The molecule has 0 N–H and O–H groups in total. The van der Waals surface area contributed by atoms with E-state index in [-0.39, 0.29) is 34.9 Å². The molecule has 0 radical (unpaired) electrons. The van der Waals surface area contributed by atoms with Gasteiger partial charge in [0.2, 0.25) is 5.91 Å². The second-order valence-corrected chi connectivity index (χ2v) is 11.0. The van der Waals surface area contributed by atoms with Gasteiger partial charge in [-0.05, 0) is 71.6 Å². The third-order valence-electron chi connectivity index (χ3n) is 8.08. The Kier molecular flexibility index (Phi) is 7.41. The van der Waals surface area contributed by atoms with Crippen molar-refractivity contribution < 1.29 is 33.5 Å². The maximum Gasteiger partial charge on any atom is 0.266 e. The molecule has 6 rings (SSSR count). The van der Waals surface area contributed by atoms with E-state index < -0.39 is 29.5 Å². The fourth-order valence-electron chi connectivity index (χ4n) is 5.48. The Hall–Kier alpha value is -6.16. The molecule has 4 aromatic carbocycles. The smallest absolute Gasteiger partial charge is 0.266 e. The number of hydrogen-bond donors (Lipinski definition) is 0. The maximum absolute atomic E-state index is 13.5. The molecule has 2 aliphatic rings. The number of fused-ring (bicyclic) bond motifs is 2. The monoisotopic (exact) mass is 613 g/mol. The van der Waals surface area contributed by atoms with Gasteiger partial charge in [-0.15, -0.1) is 0 Å². The van der Waals surface area contributed by atoms with Crippen molar-refractivity contribution in [1.29, 1.82) is 0 Å². The van der Waals surface area contributed by atoms with Gasteiger partial charge in [0.15, 0.2) is 6.73 Å². The van der Waals surface area contributed by atoms with E-state index in [2.05, 4.69) is 6.58 Å². The first-order valence-corrected chi connectivity index (χ1v) is 14.3. The van der Waals surface area contributed by atoms with Crippen LogP contribution in [-0.2, 0) is 9.59 Å². The van der Waals surface area contributed by atoms with Crippen molar-refractivity contribution in [2.75, 3.05) is 18.7 Å². The van der Waals surface area contributed by atoms with Crippen molar-refractivity contribution in [2.45, 2.75) is 13.8 Å². The summed E-state index contributed by atoms with van der Waals surface area (Å²) in [4.78, 5) is 80.1. The number of aryl methyl sites for hydroxylation is 1. The van der Waals surface area contributed by atoms with Crippen LogP contribution >= 0.6 is 0 Å². The summed E-state index contributed by atoms with van der Waals surface area (Å²) in [6.07, 6.45) is 0. The number of imide groups is 3. The third kappa shape index (κ3) is 4.95. The molecule has 0 aliphatic carbocycles. The summed E-state index contributed by atoms with van der Waals surface area (Å²) in [6.45, 7) is 6.44. The van der Waals surface area contributed by atoms with Gasteiger partial charge in [-0.2, -0.15) is 0 Å². The summed E-state index contributed by atoms with van der Waals surface area (Å²) < 4.78 is 5.82. The van der Waals surface area contributed by atoms with Crippen LogP contribution in [0.2, 0.25) is 0 Å². The number of ether oxygens (including phenoxy) is 1. The summed E-state index contributed by atoms with van der Waals surface area (Å²) in [6, 6.07) is 23.3. The normalized spacial score (nSPS) is 13.5. The molecule has 0 saturated carbocycles. The Bertz CT molecular complexity index is 2030. The molecule has 0 aromatic heterocycles. The van der Waals surface area contributed by atoms with Gasteiger partial charge in [-0.1, -0.05) is 49.0 Å². The molecular formula is C36H27N3O7. The number of anilines is 1. The highest BCUT2D eigenvalue weighted by atomic mass is 16.5. The molecule has 0 fully saturated rings. The number of amides is 6. The van der Waals surface area contributed by atoms with Crippen molar-refractivity contribution in [3.05, 3.63) is 125 Å². The van der Waals surface area contributed by atoms with Crippen molar-refractivity contribution >= 4 is 46.7 Å². The summed E-state index contributed by atoms with van der Waals surface area (Å²) in [5, 5.41) is 0. The fraction of sp³-hybridized carbons (Fsp3) is 0.111. The fourth-order valence-corrected chi connectivity index (χ4v) is 5.48. The van der Waals surface area contributed by atoms with E-state index in [4.69, 9.17) is 4.74 Å². The number of carbonyl (C=O) groups excluding carboxylic acids is 6. The first kappa shape index (κ1) is 29.9. The second-order valence-electron chi connectivity index (χ2n) is 11.0. The van der Waals surface area contributed by atoms with Crippen LogP contribution in [0.3, 0.4) is 0 Å². The van der Waals surface area contributed by atoms with E-state index in [9.17, 15) is 28.8 Å². The Labute approximate surface area is 264 Å².